The minimum atomic E-state index is -0.854. The molecule has 0 saturated heterocycles. The predicted octanol–water partition coefficient (Wildman–Crippen LogP) is 3.42. The van der Waals surface area contributed by atoms with Crippen molar-refractivity contribution in [1.82, 2.24) is 15.1 Å². The summed E-state index contributed by atoms with van der Waals surface area (Å²) in [4.78, 5) is 17.9. The molecule has 0 aliphatic carbocycles. The van der Waals surface area contributed by atoms with E-state index in [0.29, 0.717) is 0 Å². The Balaban J connectivity index is 2.11. The Morgan fingerprint density at radius 3 is 2.46 bits per heavy atom. The molecule has 24 heavy (non-hydrogen) atoms. The topological polar surface area (TPSA) is 135 Å². The number of halogens is 2. The Hall–Kier alpha value is -2.91. The van der Waals surface area contributed by atoms with Crippen LogP contribution in [0.3, 0.4) is 0 Å². The van der Waals surface area contributed by atoms with E-state index in [4.69, 9.17) is 27.7 Å². The highest BCUT2D eigenvalue weighted by atomic mass is 35.5. The van der Waals surface area contributed by atoms with E-state index in [0.717, 1.165) is 12.1 Å². The molecule has 0 spiro atoms. The minimum Gasteiger partial charge on any atom is -0.504 e. The third-order valence-corrected chi connectivity index (χ3v) is 3.59. The van der Waals surface area contributed by atoms with Crippen molar-refractivity contribution in [2.75, 3.05) is 0 Å². The van der Waals surface area contributed by atoms with Crippen LogP contribution in [0.5, 0.6) is 11.5 Å². The van der Waals surface area contributed by atoms with Crippen LogP contribution in [0.25, 0.3) is 22.8 Å². The molecule has 2 heterocycles. The van der Waals surface area contributed by atoms with Crippen molar-refractivity contribution in [3.8, 4) is 34.3 Å². The minimum absolute atomic E-state index is 0.0300. The van der Waals surface area contributed by atoms with E-state index in [1.807, 2.05) is 0 Å². The summed E-state index contributed by atoms with van der Waals surface area (Å²) >= 11 is 12.0. The molecule has 9 nitrogen and oxygen atoms in total. The maximum atomic E-state index is 10.9. The SMILES string of the molecule is O=[N+]([O-])c1cc(-c2noc(-c3c(Cl)cncc3Cl)n2)cc(O)c1O. The van der Waals surface area contributed by atoms with Crippen LogP contribution in [0.1, 0.15) is 0 Å². The number of rotatable bonds is 3. The van der Waals surface area contributed by atoms with E-state index in [9.17, 15) is 20.3 Å². The first-order valence-electron chi connectivity index (χ1n) is 6.22. The summed E-state index contributed by atoms with van der Waals surface area (Å²) in [7, 11) is 0. The van der Waals surface area contributed by atoms with Crippen LogP contribution in [0.15, 0.2) is 29.0 Å². The molecule has 3 aromatic rings. The van der Waals surface area contributed by atoms with Gasteiger partial charge in [0.15, 0.2) is 5.75 Å². The summed E-state index contributed by atoms with van der Waals surface area (Å²) in [6.07, 6.45) is 2.67. The van der Waals surface area contributed by atoms with Crippen LogP contribution in [-0.2, 0) is 0 Å². The summed E-state index contributed by atoms with van der Waals surface area (Å²) in [6, 6.07) is 2.06. The van der Waals surface area contributed by atoms with E-state index >= 15 is 0 Å². The highest BCUT2D eigenvalue weighted by molar-refractivity contribution is 6.38. The van der Waals surface area contributed by atoms with Crippen LogP contribution in [0.4, 0.5) is 5.69 Å². The molecule has 0 saturated carbocycles. The van der Waals surface area contributed by atoms with Gasteiger partial charge in [0.1, 0.15) is 0 Å². The number of phenols is 2. The lowest BCUT2D eigenvalue weighted by Gasteiger charge is -2.01. The fourth-order valence-electron chi connectivity index (χ4n) is 1.93. The van der Waals surface area contributed by atoms with Crippen molar-refractivity contribution < 1.29 is 19.7 Å². The molecular formula is C13H6Cl2N4O5. The van der Waals surface area contributed by atoms with Gasteiger partial charge in [0, 0.05) is 24.0 Å². The van der Waals surface area contributed by atoms with Gasteiger partial charge in [-0.3, -0.25) is 15.1 Å². The number of hydrogen-bond donors (Lipinski definition) is 2. The predicted molar refractivity (Wildman–Crippen MR) is 83.0 cm³/mol. The number of nitro benzene ring substituents is 1. The molecule has 3 rings (SSSR count). The molecule has 0 bridgehead atoms. The van der Waals surface area contributed by atoms with Gasteiger partial charge in [0.25, 0.3) is 5.89 Å². The maximum absolute atomic E-state index is 10.9. The average molecular weight is 369 g/mol. The molecule has 2 N–H and O–H groups in total. The first-order chi connectivity index (χ1) is 11.4. The summed E-state index contributed by atoms with van der Waals surface area (Å²) in [5.74, 6) is -1.64. The number of hydrogen-bond acceptors (Lipinski definition) is 8. The molecule has 1 aromatic carbocycles. The summed E-state index contributed by atoms with van der Waals surface area (Å²) in [5, 5.41) is 34.0. The van der Waals surface area contributed by atoms with Gasteiger partial charge in [-0.05, 0) is 6.07 Å². The van der Waals surface area contributed by atoms with E-state index in [2.05, 4.69) is 15.1 Å². The van der Waals surface area contributed by atoms with Crippen LogP contribution in [0.2, 0.25) is 10.0 Å². The number of phenolic OH excluding ortho intramolecular Hbond substituents is 2. The van der Waals surface area contributed by atoms with E-state index in [-0.39, 0.29) is 32.9 Å². The van der Waals surface area contributed by atoms with E-state index < -0.39 is 22.1 Å². The van der Waals surface area contributed by atoms with E-state index in [1.165, 1.54) is 12.4 Å². The molecule has 11 heteroatoms. The Morgan fingerprint density at radius 1 is 1.17 bits per heavy atom. The van der Waals surface area contributed by atoms with Gasteiger partial charge in [-0.1, -0.05) is 28.4 Å². The van der Waals surface area contributed by atoms with Crippen LogP contribution < -0.4 is 0 Å². The summed E-state index contributed by atoms with van der Waals surface area (Å²) in [5.41, 5.74) is -0.380. The van der Waals surface area contributed by atoms with E-state index in [1.54, 1.807) is 0 Å². The lowest BCUT2D eigenvalue weighted by molar-refractivity contribution is -0.385. The van der Waals surface area contributed by atoms with Gasteiger partial charge in [0.05, 0.1) is 20.5 Å². The number of benzene rings is 1. The Bertz CT molecular complexity index is 939. The van der Waals surface area contributed by atoms with Gasteiger partial charge < -0.3 is 14.7 Å². The summed E-state index contributed by atoms with van der Waals surface area (Å²) in [6.45, 7) is 0. The lowest BCUT2D eigenvalue weighted by atomic mass is 10.1. The standard InChI is InChI=1S/C13H6Cl2N4O5/c14-6-3-16-4-7(15)10(6)13-17-12(18-24-13)5-1-8(19(22)23)11(21)9(20)2-5/h1-4,20-21H. The Labute approximate surface area is 143 Å². The number of aromatic hydroxyl groups is 2. The van der Waals surface area contributed by atoms with Crippen LogP contribution in [0, 0.1) is 10.1 Å². The maximum Gasteiger partial charge on any atom is 0.315 e. The molecule has 0 atom stereocenters. The van der Waals surface area contributed by atoms with Crippen molar-refractivity contribution in [2.24, 2.45) is 0 Å². The molecule has 0 aliphatic heterocycles. The molecular weight excluding hydrogens is 363 g/mol. The average Bonchev–Trinajstić information content (AvgIpc) is 2.99. The molecule has 0 radical (unpaired) electrons. The second kappa shape index (κ2) is 5.95. The smallest absolute Gasteiger partial charge is 0.315 e. The molecule has 0 fully saturated rings. The fourth-order valence-corrected chi connectivity index (χ4v) is 2.46. The monoisotopic (exact) mass is 368 g/mol. The van der Waals surface area contributed by atoms with Gasteiger partial charge >= 0.3 is 5.69 Å². The van der Waals surface area contributed by atoms with Crippen molar-refractivity contribution in [3.63, 3.8) is 0 Å². The van der Waals surface area contributed by atoms with Gasteiger partial charge in [-0.15, -0.1) is 0 Å². The van der Waals surface area contributed by atoms with Gasteiger partial charge in [-0.25, -0.2) is 0 Å². The van der Waals surface area contributed by atoms with Crippen molar-refractivity contribution >= 4 is 28.9 Å². The molecule has 122 valence electrons. The Kier molecular flexibility index (Phi) is 3.96. The van der Waals surface area contributed by atoms with Gasteiger partial charge in [0.2, 0.25) is 11.6 Å². The zero-order valence-corrected chi connectivity index (χ0v) is 13.0. The third kappa shape index (κ3) is 2.70. The number of pyridine rings is 1. The molecule has 2 aromatic heterocycles. The van der Waals surface area contributed by atoms with Crippen molar-refractivity contribution in [1.29, 1.82) is 0 Å². The zero-order chi connectivity index (χ0) is 17.4. The summed E-state index contributed by atoms with van der Waals surface area (Å²) < 4.78 is 5.07. The van der Waals surface area contributed by atoms with Crippen molar-refractivity contribution in [3.05, 3.63) is 44.7 Å². The normalized spacial score (nSPS) is 10.8. The fraction of sp³-hybridized carbons (Fsp3) is 0. The number of aromatic nitrogens is 3. The second-order valence-corrected chi connectivity index (χ2v) is 5.34. The van der Waals surface area contributed by atoms with Crippen LogP contribution >= 0.6 is 23.2 Å². The lowest BCUT2D eigenvalue weighted by Crippen LogP contribution is -1.91. The zero-order valence-electron chi connectivity index (χ0n) is 11.5. The first-order valence-corrected chi connectivity index (χ1v) is 6.98. The quantitative estimate of drug-likeness (QED) is 0.407. The first kappa shape index (κ1) is 16.0. The highest BCUT2D eigenvalue weighted by Gasteiger charge is 2.23. The largest absolute Gasteiger partial charge is 0.504 e. The van der Waals surface area contributed by atoms with Gasteiger partial charge in [-0.2, -0.15) is 4.98 Å². The molecule has 0 amide bonds. The second-order valence-electron chi connectivity index (χ2n) is 4.52. The Morgan fingerprint density at radius 2 is 1.83 bits per heavy atom. The highest BCUT2D eigenvalue weighted by Crippen LogP contribution is 2.39. The third-order valence-electron chi connectivity index (χ3n) is 3.02. The van der Waals surface area contributed by atoms with Crippen LogP contribution in [-0.4, -0.2) is 30.3 Å². The van der Waals surface area contributed by atoms with Crippen molar-refractivity contribution in [2.45, 2.75) is 0 Å². The number of nitro groups is 1. The molecule has 0 aliphatic rings. The number of nitrogens with zero attached hydrogens (tertiary/aromatic N) is 4. The molecule has 0 unspecified atom stereocenters.